The number of hydrogen-bond acceptors (Lipinski definition) is 4. The minimum absolute atomic E-state index is 0.213. The van der Waals surface area contributed by atoms with Crippen molar-refractivity contribution in [1.29, 1.82) is 0 Å². The lowest BCUT2D eigenvalue weighted by atomic mass is 10.1. The second kappa shape index (κ2) is 9.98. The Balaban J connectivity index is 1.88. The van der Waals surface area contributed by atoms with Crippen LogP contribution < -0.4 is 9.62 Å². The Kier molecular flexibility index (Phi) is 7.95. The van der Waals surface area contributed by atoms with Gasteiger partial charge in [-0.05, 0) is 56.2 Å². The standard InChI is InChI=1S/C21H28N2O3S2/c1-16-9-11-19(12-10-16)27-14-6-13-22-20(24)15-23(28(4,25)26)21-17(2)7-5-8-18(21)3/h5,7-12H,6,13-15H2,1-4H3,(H,22,24). The third kappa shape index (κ3) is 6.56. The largest absolute Gasteiger partial charge is 0.354 e. The van der Waals surface area contributed by atoms with Crippen LogP contribution >= 0.6 is 11.8 Å². The zero-order chi connectivity index (χ0) is 20.7. The zero-order valence-corrected chi connectivity index (χ0v) is 18.5. The Hall–Kier alpha value is -1.99. The predicted octanol–water partition coefficient (Wildman–Crippen LogP) is 3.68. The maximum Gasteiger partial charge on any atom is 0.240 e. The molecule has 152 valence electrons. The zero-order valence-electron chi connectivity index (χ0n) is 16.9. The molecule has 2 aromatic rings. The van der Waals surface area contributed by atoms with Crippen LogP contribution in [0.25, 0.3) is 0 Å². The lowest BCUT2D eigenvalue weighted by molar-refractivity contribution is -0.119. The number of para-hydroxylation sites is 1. The number of carbonyl (C=O) groups is 1. The maximum absolute atomic E-state index is 12.3. The number of carbonyl (C=O) groups excluding carboxylic acids is 1. The number of nitrogens with one attached hydrogen (secondary N) is 1. The van der Waals surface area contributed by atoms with Crippen molar-refractivity contribution in [2.75, 3.05) is 29.4 Å². The van der Waals surface area contributed by atoms with E-state index in [9.17, 15) is 13.2 Å². The quantitative estimate of drug-likeness (QED) is 0.496. The van der Waals surface area contributed by atoms with E-state index in [2.05, 4.69) is 36.5 Å². The van der Waals surface area contributed by atoms with Gasteiger partial charge in [-0.15, -0.1) is 11.8 Å². The molecular weight excluding hydrogens is 392 g/mol. The van der Waals surface area contributed by atoms with Crippen molar-refractivity contribution in [3.63, 3.8) is 0 Å². The van der Waals surface area contributed by atoms with Gasteiger partial charge in [-0.3, -0.25) is 9.10 Å². The number of rotatable bonds is 9. The summed E-state index contributed by atoms with van der Waals surface area (Å²) in [6, 6.07) is 13.9. The fourth-order valence-electron chi connectivity index (χ4n) is 2.87. The van der Waals surface area contributed by atoms with Crippen LogP contribution in [0, 0.1) is 20.8 Å². The molecule has 0 atom stereocenters. The van der Waals surface area contributed by atoms with Gasteiger partial charge in [-0.2, -0.15) is 0 Å². The van der Waals surface area contributed by atoms with Crippen LogP contribution in [0.3, 0.4) is 0 Å². The summed E-state index contributed by atoms with van der Waals surface area (Å²) >= 11 is 1.74. The molecule has 0 aliphatic rings. The summed E-state index contributed by atoms with van der Waals surface area (Å²) in [4.78, 5) is 13.5. The van der Waals surface area contributed by atoms with Crippen molar-refractivity contribution >= 4 is 33.4 Å². The van der Waals surface area contributed by atoms with Crippen LogP contribution in [0.4, 0.5) is 5.69 Å². The number of nitrogens with zero attached hydrogens (tertiary/aromatic N) is 1. The molecule has 0 unspecified atom stereocenters. The highest BCUT2D eigenvalue weighted by Gasteiger charge is 2.23. The highest BCUT2D eigenvalue weighted by Crippen LogP contribution is 2.26. The topological polar surface area (TPSA) is 66.5 Å². The van der Waals surface area contributed by atoms with Gasteiger partial charge in [0, 0.05) is 11.4 Å². The Morgan fingerprint density at radius 1 is 1.04 bits per heavy atom. The number of sulfonamides is 1. The normalized spacial score (nSPS) is 11.3. The van der Waals surface area contributed by atoms with E-state index >= 15 is 0 Å². The smallest absolute Gasteiger partial charge is 0.240 e. The first kappa shape index (κ1) is 22.3. The third-order valence-electron chi connectivity index (χ3n) is 4.31. The number of benzene rings is 2. The van der Waals surface area contributed by atoms with E-state index < -0.39 is 10.0 Å². The van der Waals surface area contributed by atoms with E-state index in [0.717, 1.165) is 29.6 Å². The van der Waals surface area contributed by atoms with Gasteiger partial charge in [-0.1, -0.05) is 35.9 Å². The number of aryl methyl sites for hydroxylation is 3. The molecule has 0 saturated carbocycles. The molecule has 7 heteroatoms. The first-order valence-corrected chi connectivity index (χ1v) is 12.0. The Bertz CT molecular complexity index is 889. The van der Waals surface area contributed by atoms with Gasteiger partial charge in [0.25, 0.3) is 0 Å². The van der Waals surface area contributed by atoms with Gasteiger partial charge >= 0.3 is 0 Å². The Labute approximate surface area is 172 Å². The fraction of sp³-hybridized carbons (Fsp3) is 0.381. The summed E-state index contributed by atoms with van der Waals surface area (Å²) in [5.74, 6) is 0.587. The van der Waals surface area contributed by atoms with Gasteiger partial charge in [0.15, 0.2) is 0 Å². The van der Waals surface area contributed by atoms with Gasteiger partial charge in [0.1, 0.15) is 6.54 Å². The highest BCUT2D eigenvalue weighted by molar-refractivity contribution is 7.99. The van der Waals surface area contributed by atoms with E-state index in [-0.39, 0.29) is 12.5 Å². The lowest BCUT2D eigenvalue weighted by Crippen LogP contribution is -2.41. The lowest BCUT2D eigenvalue weighted by Gasteiger charge is -2.25. The van der Waals surface area contributed by atoms with Gasteiger partial charge in [-0.25, -0.2) is 8.42 Å². The highest BCUT2D eigenvalue weighted by atomic mass is 32.2. The van der Waals surface area contributed by atoms with Gasteiger partial charge in [0.2, 0.25) is 15.9 Å². The summed E-state index contributed by atoms with van der Waals surface area (Å²) in [7, 11) is -3.56. The summed E-state index contributed by atoms with van der Waals surface area (Å²) in [5, 5.41) is 2.83. The number of amides is 1. The molecule has 0 spiro atoms. The summed E-state index contributed by atoms with van der Waals surface area (Å²) in [6.45, 7) is 6.06. The van der Waals surface area contributed by atoms with Gasteiger partial charge in [0.05, 0.1) is 11.9 Å². The molecule has 2 rings (SSSR count). The molecular formula is C21H28N2O3S2. The Morgan fingerprint density at radius 3 is 2.21 bits per heavy atom. The molecule has 0 aliphatic heterocycles. The van der Waals surface area contributed by atoms with Crippen molar-refractivity contribution in [1.82, 2.24) is 5.32 Å². The van der Waals surface area contributed by atoms with Crippen LogP contribution in [0.2, 0.25) is 0 Å². The predicted molar refractivity (Wildman–Crippen MR) is 118 cm³/mol. The number of hydrogen-bond donors (Lipinski definition) is 1. The minimum Gasteiger partial charge on any atom is -0.354 e. The second-order valence-corrected chi connectivity index (χ2v) is 9.95. The first-order valence-electron chi connectivity index (χ1n) is 9.18. The summed E-state index contributed by atoms with van der Waals surface area (Å²) in [5.41, 5.74) is 3.46. The molecule has 0 aliphatic carbocycles. The van der Waals surface area contributed by atoms with Crippen LogP contribution in [0.1, 0.15) is 23.1 Å². The molecule has 0 saturated heterocycles. The molecule has 0 aromatic heterocycles. The minimum atomic E-state index is -3.56. The van der Waals surface area contributed by atoms with Crippen LogP contribution in [-0.4, -0.2) is 39.4 Å². The van der Waals surface area contributed by atoms with E-state index in [1.807, 2.05) is 32.0 Å². The fourth-order valence-corrected chi connectivity index (χ4v) is 4.70. The SMILES string of the molecule is Cc1ccc(SCCCNC(=O)CN(c2c(C)cccc2C)S(C)(=O)=O)cc1. The molecule has 2 aromatic carbocycles. The summed E-state index contributed by atoms with van der Waals surface area (Å²) < 4.78 is 25.7. The molecule has 0 fully saturated rings. The van der Waals surface area contributed by atoms with E-state index in [1.54, 1.807) is 11.8 Å². The molecule has 0 heterocycles. The monoisotopic (exact) mass is 420 g/mol. The van der Waals surface area contributed by atoms with Crippen LogP contribution in [-0.2, 0) is 14.8 Å². The van der Waals surface area contributed by atoms with E-state index in [4.69, 9.17) is 0 Å². The molecule has 5 nitrogen and oxygen atoms in total. The maximum atomic E-state index is 12.3. The Morgan fingerprint density at radius 2 is 1.64 bits per heavy atom. The van der Waals surface area contributed by atoms with E-state index in [1.165, 1.54) is 14.8 Å². The van der Waals surface area contributed by atoms with E-state index in [0.29, 0.717) is 12.2 Å². The van der Waals surface area contributed by atoms with Crippen molar-refractivity contribution < 1.29 is 13.2 Å². The first-order chi connectivity index (χ1) is 13.2. The molecule has 0 radical (unpaired) electrons. The van der Waals surface area contributed by atoms with Crippen molar-refractivity contribution in [2.24, 2.45) is 0 Å². The second-order valence-electron chi connectivity index (χ2n) is 6.88. The number of anilines is 1. The average molecular weight is 421 g/mol. The van der Waals surface area contributed by atoms with Crippen molar-refractivity contribution in [3.8, 4) is 0 Å². The van der Waals surface area contributed by atoms with Gasteiger partial charge < -0.3 is 5.32 Å². The molecule has 0 bridgehead atoms. The number of thioether (sulfide) groups is 1. The van der Waals surface area contributed by atoms with Crippen LogP contribution in [0.5, 0.6) is 0 Å². The average Bonchev–Trinajstić information content (AvgIpc) is 2.61. The summed E-state index contributed by atoms with van der Waals surface area (Å²) in [6.07, 6.45) is 1.94. The van der Waals surface area contributed by atoms with Crippen molar-refractivity contribution in [3.05, 3.63) is 59.2 Å². The van der Waals surface area contributed by atoms with Crippen molar-refractivity contribution in [2.45, 2.75) is 32.1 Å². The van der Waals surface area contributed by atoms with Crippen LogP contribution in [0.15, 0.2) is 47.4 Å². The molecule has 1 N–H and O–H groups in total. The molecule has 28 heavy (non-hydrogen) atoms. The molecule has 1 amide bonds. The third-order valence-corrected chi connectivity index (χ3v) is 6.52.